The van der Waals surface area contributed by atoms with Gasteiger partial charge < -0.3 is 10.1 Å². The van der Waals surface area contributed by atoms with Crippen molar-refractivity contribution in [2.75, 3.05) is 13.7 Å². The van der Waals surface area contributed by atoms with E-state index in [1.54, 1.807) is 18.4 Å². The summed E-state index contributed by atoms with van der Waals surface area (Å²) in [6.45, 7) is 3.03. The van der Waals surface area contributed by atoms with E-state index in [1.807, 2.05) is 18.3 Å². The number of thiophene rings is 1. The lowest BCUT2D eigenvalue weighted by Gasteiger charge is -2.17. The highest BCUT2D eigenvalue weighted by Gasteiger charge is 2.17. The highest BCUT2D eigenvalue weighted by Crippen LogP contribution is 2.32. The summed E-state index contributed by atoms with van der Waals surface area (Å²) in [6.07, 6.45) is 2.70. The van der Waals surface area contributed by atoms with E-state index in [4.69, 9.17) is 4.74 Å². The topological polar surface area (TPSA) is 34.2 Å². The smallest absolute Gasteiger partial charge is 0.134 e. The largest absolute Gasteiger partial charge is 0.496 e. The van der Waals surface area contributed by atoms with Crippen LogP contribution in [0.4, 0.5) is 0 Å². The Morgan fingerprint density at radius 1 is 1.42 bits per heavy atom. The molecule has 2 heterocycles. The molecule has 2 aromatic heterocycles. The normalized spacial score (nSPS) is 12.4. The Morgan fingerprint density at radius 2 is 2.26 bits per heavy atom. The lowest BCUT2D eigenvalue weighted by molar-refractivity contribution is 0.403. The molecule has 2 rings (SSSR count). The number of methoxy groups -OCH3 is 1. The summed E-state index contributed by atoms with van der Waals surface area (Å²) in [5.74, 6) is 0.952. The van der Waals surface area contributed by atoms with Crippen molar-refractivity contribution < 1.29 is 4.74 Å². The van der Waals surface area contributed by atoms with Crippen LogP contribution in [0, 0.1) is 0 Å². The Labute approximate surface area is 126 Å². The van der Waals surface area contributed by atoms with Crippen molar-refractivity contribution in [2.45, 2.75) is 19.4 Å². The van der Waals surface area contributed by atoms with Gasteiger partial charge in [0.15, 0.2) is 0 Å². The average Bonchev–Trinajstić information content (AvgIpc) is 2.89. The molecule has 2 aromatic rings. The number of ether oxygens (including phenoxy) is 1. The molecule has 0 radical (unpaired) electrons. The molecule has 0 aliphatic carbocycles. The molecular formula is C14H17BrN2OS. The molecule has 1 atom stereocenters. The van der Waals surface area contributed by atoms with E-state index in [0.717, 1.165) is 28.9 Å². The zero-order valence-electron chi connectivity index (χ0n) is 11.0. The molecule has 102 valence electrons. The van der Waals surface area contributed by atoms with Gasteiger partial charge in [0.1, 0.15) is 5.75 Å². The molecule has 0 aliphatic heterocycles. The van der Waals surface area contributed by atoms with Crippen molar-refractivity contribution >= 4 is 27.3 Å². The van der Waals surface area contributed by atoms with Crippen molar-refractivity contribution in [1.29, 1.82) is 0 Å². The van der Waals surface area contributed by atoms with Gasteiger partial charge in [-0.3, -0.25) is 4.98 Å². The van der Waals surface area contributed by atoms with Crippen LogP contribution < -0.4 is 10.1 Å². The van der Waals surface area contributed by atoms with Gasteiger partial charge in [-0.1, -0.05) is 6.92 Å². The number of rotatable bonds is 6. The van der Waals surface area contributed by atoms with Crippen LogP contribution in [0.3, 0.4) is 0 Å². The Morgan fingerprint density at radius 3 is 2.89 bits per heavy atom. The lowest BCUT2D eigenvalue weighted by Crippen LogP contribution is -2.22. The van der Waals surface area contributed by atoms with Gasteiger partial charge in [0, 0.05) is 22.8 Å². The van der Waals surface area contributed by atoms with Gasteiger partial charge in [-0.2, -0.15) is 0 Å². The van der Waals surface area contributed by atoms with Crippen LogP contribution in [-0.2, 0) is 6.42 Å². The third-order valence-corrected chi connectivity index (χ3v) is 4.33. The Bertz CT molecular complexity index is 512. The van der Waals surface area contributed by atoms with Gasteiger partial charge in [0.05, 0.1) is 18.0 Å². The highest BCUT2D eigenvalue weighted by atomic mass is 79.9. The second-order valence-corrected chi connectivity index (χ2v) is 6.00. The zero-order valence-corrected chi connectivity index (χ0v) is 13.4. The van der Waals surface area contributed by atoms with Gasteiger partial charge in [-0.15, -0.1) is 11.3 Å². The molecule has 0 bridgehead atoms. The Balaban J connectivity index is 2.18. The summed E-state index contributed by atoms with van der Waals surface area (Å²) in [7, 11) is 1.71. The first-order valence-corrected chi connectivity index (χ1v) is 7.87. The second-order valence-electron chi connectivity index (χ2n) is 4.14. The predicted octanol–water partition coefficient (Wildman–Crippen LogP) is 3.81. The maximum atomic E-state index is 5.41. The number of pyridine rings is 1. The summed E-state index contributed by atoms with van der Waals surface area (Å²) in [5.41, 5.74) is 1.07. The van der Waals surface area contributed by atoms with E-state index in [2.05, 4.69) is 44.6 Å². The first kappa shape index (κ1) is 14.5. The first-order valence-electron chi connectivity index (χ1n) is 6.19. The molecule has 0 amide bonds. The fourth-order valence-corrected chi connectivity index (χ4v) is 3.14. The van der Waals surface area contributed by atoms with E-state index < -0.39 is 0 Å². The third kappa shape index (κ3) is 3.78. The van der Waals surface area contributed by atoms with Crippen molar-refractivity contribution in [2.24, 2.45) is 0 Å². The van der Waals surface area contributed by atoms with Crippen LogP contribution in [0.5, 0.6) is 5.75 Å². The van der Waals surface area contributed by atoms with E-state index in [0.29, 0.717) is 0 Å². The molecule has 0 aliphatic rings. The molecule has 0 spiro atoms. The van der Waals surface area contributed by atoms with Crippen LogP contribution in [0.25, 0.3) is 0 Å². The van der Waals surface area contributed by atoms with Crippen molar-refractivity contribution in [3.63, 3.8) is 0 Å². The van der Waals surface area contributed by atoms with Gasteiger partial charge in [-0.05, 0) is 46.1 Å². The minimum absolute atomic E-state index is 0.244. The van der Waals surface area contributed by atoms with Gasteiger partial charge in [-0.25, -0.2) is 0 Å². The minimum Gasteiger partial charge on any atom is -0.496 e. The maximum Gasteiger partial charge on any atom is 0.134 e. The molecule has 5 heteroatoms. The first-order chi connectivity index (χ1) is 9.24. The number of likely N-dealkylation sites (N-methyl/N-ethyl adjacent to an activating group) is 1. The number of hydrogen-bond donors (Lipinski definition) is 1. The van der Waals surface area contributed by atoms with Crippen LogP contribution in [0.1, 0.15) is 23.5 Å². The summed E-state index contributed by atoms with van der Waals surface area (Å²) in [4.78, 5) is 5.67. The monoisotopic (exact) mass is 340 g/mol. The fraction of sp³-hybridized carbons (Fsp3) is 0.357. The molecule has 1 unspecified atom stereocenters. The molecule has 19 heavy (non-hydrogen) atoms. The van der Waals surface area contributed by atoms with E-state index in [-0.39, 0.29) is 6.04 Å². The van der Waals surface area contributed by atoms with E-state index in [9.17, 15) is 0 Å². The fourth-order valence-electron chi connectivity index (χ4n) is 1.97. The second kappa shape index (κ2) is 7.03. The molecule has 0 saturated heterocycles. The summed E-state index contributed by atoms with van der Waals surface area (Å²) >= 11 is 5.13. The predicted molar refractivity (Wildman–Crippen MR) is 82.9 cm³/mol. The Hall–Kier alpha value is -0.910. The number of nitrogens with one attached hydrogen (secondary N) is 1. The van der Waals surface area contributed by atoms with Gasteiger partial charge in [0.2, 0.25) is 0 Å². The molecule has 0 fully saturated rings. The highest BCUT2D eigenvalue weighted by molar-refractivity contribution is 9.10. The van der Waals surface area contributed by atoms with Crippen molar-refractivity contribution in [1.82, 2.24) is 10.3 Å². The van der Waals surface area contributed by atoms with Crippen molar-refractivity contribution in [3.05, 3.63) is 44.8 Å². The molecule has 0 aromatic carbocycles. The number of halogens is 1. The van der Waals surface area contributed by atoms with E-state index in [1.165, 1.54) is 4.88 Å². The number of hydrogen-bond acceptors (Lipinski definition) is 4. The van der Waals surface area contributed by atoms with E-state index >= 15 is 0 Å². The summed E-state index contributed by atoms with van der Waals surface area (Å²) < 4.78 is 6.42. The SMILES string of the molecule is CCNC(Cc1ccc(Br)cn1)c1sccc1OC. The maximum absolute atomic E-state index is 5.41. The zero-order chi connectivity index (χ0) is 13.7. The molecular weight excluding hydrogens is 324 g/mol. The average molecular weight is 341 g/mol. The molecule has 1 N–H and O–H groups in total. The lowest BCUT2D eigenvalue weighted by atomic mass is 10.1. The van der Waals surface area contributed by atoms with Crippen LogP contribution in [0.2, 0.25) is 0 Å². The van der Waals surface area contributed by atoms with Crippen LogP contribution >= 0.6 is 27.3 Å². The Kier molecular flexibility index (Phi) is 5.36. The van der Waals surface area contributed by atoms with Crippen molar-refractivity contribution in [3.8, 4) is 5.75 Å². The van der Waals surface area contributed by atoms with Crippen LogP contribution in [0.15, 0.2) is 34.2 Å². The molecule has 3 nitrogen and oxygen atoms in total. The summed E-state index contributed by atoms with van der Waals surface area (Å²) in [6, 6.07) is 6.33. The quantitative estimate of drug-likeness (QED) is 0.868. The minimum atomic E-state index is 0.244. The third-order valence-electron chi connectivity index (χ3n) is 2.85. The van der Waals surface area contributed by atoms with Gasteiger partial charge in [0.25, 0.3) is 0 Å². The van der Waals surface area contributed by atoms with Gasteiger partial charge >= 0.3 is 0 Å². The summed E-state index contributed by atoms with van der Waals surface area (Å²) in [5, 5.41) is 5.56. The standard InChI is InChI=1S/C14H17BrN2OS/c1-3-16-12(14-13(18-2)6-7-19-14)8-11-5-4-10(15)9-17-11/h4-7,9,12,16H,3,8H2,1-2H3. The molecule has 0 saturated carbocycles. The van der Waals surface area contributed by atoms with Crippen LogP contribution in [-0.4, -0.2) is 18.6 Å². The number of aromatic nitrogens is 1. The number of nitrogens with zero attached hydrogens (tertiary/aromatic N) is 1.